The number of hydrogen-bond donors (Lipinski definition) is 3. The number of rotatable bonds is 4. The van der Waals surface area contributed by atoms with Crippen molar-refractivity contribution in [2.45, 2.75) is 13.5 Å². The molecule has 0 radical (unpaired) electrons. The minimum absolute atomic E-state index is 0.0757. The van der Waals surface area contributed by atoms with Crippen molar-refractivity contribution in [2.24, 2.45) is 0 Å². The van der Waals surface area contributed by atoms with Crippen LogP contribution in [0.25, 0.3) is 0 Å². The molecule has 2 heterocycles. The second kappa shape index (κ2) is 4.74. The number of carboxylic acid groups (broad SMARTS) is 1. The van der Waals surface area contributed by atoms with Crippen LogP contribution in [0.5, 0.6) is 0 Å². The Hall–Kier alpha value is -2.57. The van der Waals surface area contributed by atoms with Crippen LogP contribution in [0.4, 0.5) is 17.2 Å². The number of aromatic carboxylic acids is 1. The lowest BCUT2D eigenvalue weighted by Crippen LogP contribution is -2.05. The average molecular weight is 247 g/mol. The van der Waals surface area contributed by atoms with E-state index in [0.29, 0.717) is 11.4 Å². The summed E-state index contributed by atoms with van der Waals surface area (Å²) in [6.07, 6.45) is 4.79. The van der Waals surface area contributed by atoms with Crippen LogP contribution < -0.4 is 11.1 Å². The molecule has 0 bridgehead atoms. The van der Waals surface area contributed by atoms with Gasteiger partial charge in [-0.2, -0.15) is 5.10 Å². The fraction of sp³-hybridized carbons (Fsp3) is 0.182. The number of carbonyl (C=O) groups is 1. The molecule has 18 heavy (non-hydrogen) atoms. The Morgan fingerprint density at radius 1 is 1.56 bits per heavy atom. The number of nitrogens with one attached hydrogen (secondary N) is 1. The van der Waals surface area contributed by atoms with Gasteiger partial charge in [0.05, 0.1) is 29.3 Å². The molecular formula is C11H13N5O2. The highest BCUT2D eigenvalue weighted by Gasteiger charge is 2.12. The normalized spacial score (nSPS) is 10.3. The molecule has 94 valence electrons. The third kappa shape index (κ3) is 2.40. The Morgan fingerprint density at radius 2 is 2.33 bits per heavy atom. The Labute approximate surface area is 103 Å². The van der Waals surface area contributed by atoms with Crippen molar-refractivity contribution < 1.29 is 9.90 Å². The summed E-state index contributed by atoms with van der Waals surface area (Å²) in [6.45, 7) is 2.71. The van der Waals surface area contributed by atoms with Gasteiger partial charge in [-0.1, -0.05) is 0 Å². The van der Waals surface area contributed by atoms with Crippen LogP contribution in [0.1, 0.15) is 17.3 Å². The number of nitrogens with two attached hydrogens (primary N) is 1. The van der Waals surface area contributed by atoms with Crippen LogP contribution in [0, 0.1) is 0 Å². The van der Waals surface area contributed by atoms with Crippen LogP contribution in [-0.4, -0.2) is 25.8 Å². The van der Waals surface area contributed by atoms with Gasteiger partial charge in [0.15, 0.2) is 0 Å². The summed E-state index contributed by atoms with van der Waals surface area (Å²) >= 11 is 0. The Morgan fingerprint density at radius 3 is 2.94 bits per heavy atom. The maximum absolute atomic E-state index is 11.1. The molecule has 2 aromatic heterocycles. The summed E-state index contributed by atoms with van der Waals surface area (Å²) in [5.41, 5.74) is 6.62. The number of nitrogens with zero attached hydrogens (tertiary/aromatic N) is 3. The third-order valence-electron chi connectivity index (χ3n) is 2.39. The van der Waals surface area contributed by atoms with E-state index in [0.717, 1.165) is 6.54 Å². The van der Waals surface area contributed by atoms with E-state index in [2.05, 4.69) is 15.4 Å². The molecular weight excluding hydrogens is 234 g/mol. The lowest BCUT2D eigenvalue weighted by atomic mass is 10.2. The van der Waals surface area contributed by atoms with Crippen LogP contribution in [0.3, 0.4) is 0 Å². The predicted molar refractivity (Wildman–Crippen MR) is 66.8 cm³/mol. The number of hydrogen-bond acceptors (Lipinski definition) is 5. The number of aryl methyl sites for hydroxylation is 1. The van der Waals surface area contributed by atoms with Gasteiger partial charge in [0.25, 0.3) is 0 Å². The molecule has 7 heteroatoms. The van der Waals surface area contributed by atoms with E-state index < -0.39 is 5.97 Å². The van der Waals surface area contributed by atoms with Crippen LogP contribution in [-0.2, 0) is 6.54 Å². The van der Waals surface area contributed by atoms with Gasteiger partial charge >= 0.3 is 5.97 Å². The second-order valence-corrected chi connectivity index (χ2v) is 3.67. The fourth-order valence-corrected chi connectivity index (χ4v) is 1.50. The zero-order valence-electron chi connectivity index (χ0n) is 9.79. The number of aromatic nitrogens is 3. The van der Waals surface area contributed by atoms with Crippen LogP contribution >= 0.6 is 0 Å². The zero-order valence-corrected chi connectivity index (χ0v) is 9.79. The molecule has 4 N–H and O–H groups in total. The lowest BCUT2D eigenvalue weighted by Gasteiger charge is -2.07. The highest BCUT2D eigenvalue weighted by Crippen LogP contribution is 2.21. The van der Waals surface area contributed by atoms with Gasteiger partial charge in [-0.3, -0.25) is 4.68 Å². The smallest absolute Gasteiger partial charge is 0.338 e. The second-order valence-electron chi connectivity index (χ2n) is 3.67. The summed E-state index contributed by atoms with van der Waals surface area (Å²) in [5, 5.41) is 16.1. The largest absolute Gasteiger partial charge is 0.478 e. The first-order valence-electron chi connectivity index (χ1n) is 5.38. The van der Waals surface area contributed by atoms with Crippen molar-refractivity contribution in [1.82, 2.24) is 14.8 Å². The van der Waals surface area contributed by atoms with Gasteiger partial charge in [-0.15, -0.1) is 0 Å². The van der Waals surface area contributed by atoms with E-state index in [1.165, 1.54) is 12.3 Å². The molecule has 0 aromatic carbocycles. The molecule has 0 aliphatic carbocycles. The fourth-order valence-electron chi connectivity index (χ4n) is 1.50. The summed E-state index contributed by atoms with van der Waals surface area (Å²) in [6, 6.07) is 1.31. The summed E-state index contributed by atoms with van der Waals surface area (Å²) in [5.74, 6) is -0.892. The highest BCUT2D eigenvalue weighted by molar-refractivity contribution is 5.95. The third-order valence-corrected chi connectivity index (χ3v) is 2.39. The first-order valence-corrected chi connectivity index (χ1v) is 5.38. The van der Waals surface area contributed by atoms with Gasteiger partial charge in [0.2, 0.25) is 0 Å². The van der Waals surface area contributed by atoms with E-state index in [9.17, 15) is 4.79 Å². The molecule has 0 atom stereocenters. The lowest BCUT2D eigenvalue weighted by molar-refractivity contribution is 0.0698. The Bertz CT molecular complexity index is 579. The molecule has 0 saturated carbocycles. The van der Waals surface area contributed by atoms with Gasteiger partial charge in [0, 0.05) is 12.7 Å². The van der Waals surface area contributed by atoms with Gasteiger partial charge in [0.1, 0.15) is 5.82 Å². The van der Waals surface area contributed by atoms with Crippen molar-refractivity contribution in [3.05, 3.63) is 30.2 Å². The maximum Gasteiger partial charge on any atom is 0.338 e. The number of nitrogen functional groups attached to an aromatic ring is 1. The SMILES string of the molecule is CCn1cc(Nc2cnc(N)cc2C(=O)O)cn1. The first-order chi connectivity index (χ1) is 8.60. The Kier molecular flexibility index (Phi) is 3.13. The standard InChI is InChI=1S/C11H13N5O2/c1-2-16-6-7(4-14-16)15-9-5-13-10(12)3-8(9)11(17)18/h3-6,15H,2H2,1H3,(H2,12,13)(H,17,18). The van der Waals surface area contributed by atoms with Crippen molar-refractivity contribution in [1.29, 1.82) is 0 Å². The van der Waals surface area contributed by atoms with E-state index >= 15 is 0 Å². The van der Waals surface area contributed by atoms with E-state index in [1.54, 1.807) is 17.1 Å². The minimum atomic E-state index is -1.06. The quantitative estimate of drug-likeness (QED) is 0.752. The summed E-state index contributed by atoms with van der Waals surface area (Å²) in [7, 11) is 0. The van der Waals surface area contributed by atoms with E-state index in [1.807, 2.05) is 6.92 Å². The number of pyridine rings is 1. The molecule has 7 nitrogen and oxygen atoms in total. The molecule has 0 amide bonds. The summed E-state index contributed by atoms with van der Waals surface area (Å²) in [4.78, 5) is 15.0. The van der Waals surface area contributed by atoms with Crippen LogP contribution in [0.2, 0.25) is 0 Å². The molecule has 2 aromatic rings. The van der Waals surface area contributed by atoms with Crippen LogP contribution in [0.15, 0.2) is 24.7 Å². The van der Waals surface area contributed by atoms with Crippen molar-refractivity contribution in [2.75, 3.05) is 11.1 Å². The molecule has 0 fully saturated rings. The molecule has 0 spiro atoms. The van der Waals surface area contributed by atoms with Crippen molar-refractivity contribution in [3.63, 3.8) is 0 Å². The molecule has 0 aliphatic rings. The monoisotopic (exact) mass is 247 g/mol. The topological polar surface area (TPSA) is 106 Å². The van der Waals surface area contributed by atoms with Crippen molar-refractivity contribution in [3.8, 4) is 0 Å². The number of anilines is 3. The molecule has 0 aliphatic heterocycles. The molecule has 2 rings (SSSR count). The maximum atomic E-state index is 11.1. The average Bonchev–Trinajstić information content (AvgIpc) is 2.79. The van der Waals surface area contributed by atoms with Gasteiger partial charge in [-0.05, 0) is 13.0 Å². The minimum Gasteiger partial charge on any atom is -0.478 e. The van der Waals surface area contributed by atoms with Gasteiger partial charge < -0.3 is 16.2 Å². The van der Waals surface area contributed by atoms with E-state index in [4.69, 9.17) is 10.8 Å². The first kappa shape index (κ1) is 11.9. The molecule has 0 saturated heterocycles. The number of carboxylic acids is 1. The Balaban J connectivity index is 2.30. The van der Waals surface area contributed by atoms with Crippen molar-refractivity contribution >= 4 is 23.2 Å². The van der Waals surface area contributed by atoms with Gasteiger partial charge in [-0.25, -0.2) is 9.78 Å². The predicted octanol–water partition coefficient (Wildman–Crippen LogP) is 1.32. The zero-order chi connectivity index (χ0) is 13.1. The highest BCUT2D eigenvalue weighted by atomic mass is 16.4. The van der Waals surface area contributed by atoms with E-state index in [-0.39, 0.29) is 11.4 Å². The summed E-state index contributed by atoms with van der Waals surface area (Å²) < 4.78 is 1.73. The molecule has 0 unspecified atom stereocenters.